The largest absolute Gasteiger partial charge is 0.462 e. The molecule has 0 aromatic heterocycles. The van der Waals surface area contributed by atoms with Crippen molar-refractivity contribution >= 4 is 37.2 Å². The van der Waals surface area contributed by atoms with Crippen LogP contribution in [0.15, 0.2) is 0 Å². The van der Waals surface area contributed by atoms with E-state index in [9.17, 15) is 9.59 Å². The van der Waals surface area contributed by atoms with Crippen LogP contribution in [0.5, 0.6) is 0 Å². The average Bonchev–Trinajstić information content (AvgIpc) is 2.08. The number of hydrogen-bond donors (Lipinski definition) is 2. The Kier molecular flexibility index (Phi) is 7.70. The summed E-state index contributed by atoms with van der Waals surface area (Å²) in [6.07, 6.45) is 0.471. The molecule has 0 aromatic rings. The van der Waals surface area contributed by atoms with E-state index in [0.717, 1.165) is 0 Å². The molecule has 1 unspecified atom stereocenters. The number of carbonyl (C=O) groups is 2. The van der Waals surface area contributed by atoms with E-state index in [4.69, 9.17) is 9.47 Å². The molecule has 0 bridgehead atoms. The van der Waals surface area contributed by atoms with E-state index in [1.54, 1.807) is 6.92 Å². The normalized spacial score (nSPS) is 13.0. The molecule has 0 rings (SSSR count). The number of rotatable bonds is 7. The van der Waals surface area contributed by atoms with Gasteiger partial charge in [0.1, 0.15) is 13.2 Å². The second-order valence-electron chi connectivity index (χ2n) is 4.48. The average molecular weight is 280 g/mol. The van der Waals surface area contributed by atoms with Gasteiger partial charge in [-0.25, -0.2) is 0 Å². The van der Waals surface area contributed by atoms with E-state index < -0.39 is 4.75 Å². The van der Waals surface area contributed by atoms with Gasteiger partial charge >= 0.3 is 11.9 Å². The summed E-state index contributed by atoms with van der Waals surface area (Å²) < 4.78 is 9.34. The first-order chi connectivity index (χ1) is 7.70. The lowest BCUT2D eigenvalue weighted by molar-refractivity contribution is -0.152. The Labute approximate surface area is 113 Å². The monoisotopic (exact) mass is 280 g/mol. The van der Waals surface area contributed by atoms with Gasteiger partial charge in [0.15, 0.2) is 0 Å². The molecule has 0 aromatic carbocycles. The molecular weight excluding hydrogens is 260 g/mol. The van der Waals surface area contributed by atoms with Gasteiger partial charge in [-0.3, -0.25) is 9.59 Å². The highest BCUT2D eigenvalue weighted by Gasteiger charge is 2.18. The van der Waals surface area contributed by atoms with Crippen molar-refractivity contribution in [1.29, 1.82) is 0 Å². The van der Waals surface area contributed by atoms with E-state index in [1.165, 1.54) is 0 Å². The van der Waals surface area contributed by atoms with Crippen LogP contribution in [0.2, 0.25) is 0 Å². The van der Waals surface area contributed by atoms with E-state index in [2.05, 4.69) is 25.3 Å². The number of hydrogen-bond acceptors (Lipinski definition) is 6. The minimum Gasteiger partial charge on any atom is -0.462 e. The maximum atomic E-state index is 11.3. The van der Waals surface area contributed by atoms with Crippen molar-refractivity contribution in [3.05, 3.63) is 0 Å². The van der Waals surface area contributed by atoms with Crippen molar-refractivity contribution in [2.45, 2.75) is 43.6 Å². The SMILES string of the molecule is CC(S)CC(=O)OCCOC(=O)CC(C)(C)S. The first-order valence-electron chi connectivity index (χ1n) is 5.42. The molecule has 0 aliphatic heterocycles. The summed E-state index contributed by atoms with van der Waals surface area (Å²) in [5, 5.41) is -0.0324. The maximum absolute atomic E-state index is 11.3. The van der Waals surface area contributed by atoms with E-state index >= 15 is 0 Å². The Morgan fingerprint density at radius 1 is 1.18 bits per heavy atom. The molecule has 0 N–H and O–H groups in total. The highest BCUT2D eigenvalue weighted by Crippen LogP contribution is 2.17. The highest BCUT2D eigenvalue weighted by molar-refractivity contribution is 7.81. The summed E-state index contributed by atoms with van der Waals surface area (Å²) in [4.78, 5) is 22.4. The zero-order valence-electron chi connectivity index (χ0n) is 10.4. The Balaban J connectivity index is 3.58. The fraction of sp³-hybridized carbons (Fsp3) is 0.818. The van der Waals surface area contributed by atoms with Gasteiger partial charge in [0, 0.05) is 10.00 Å². The molecular formula is C11H20O4S2. The third-order valence-electron chi connectivity index (χ3n) is 1.65. The summed E-state index contributed by atoms with van der Waals surface area (Å²) in [6, 6.07) is 0. The van der Waals surface area contributed by atoms with Gasteiger partial charge in [-0.1, -0.05) is 20.8 Å². The fourth-order valence-electron chi connectivity index (χ4n) is 1.02. The Hall–Kier alpha value is -0.360. The zero-order chi connectivity index (χ0) is 13.5. The lowest BCUT2D eigenvalue weighted by Gasteiger charge is -2.15. The van der Waals surface area contributed by atoms with Crippen LogP contribution in [0.3, 0.4) is 0 Å². The zero-order valence-corrected chi connectivity index (χ0v) is 12.2. The van der Waals surface area contributed by atoms with Crippen LogP contribution in [-0.4, -0.2) is 35.1 Å². The number of carbonyl (C=O) groups excluding carboxylic acids is 2. The number of ether oxygens (including phenoxy) is 2. The number of esters is 2. The van der Waals surface area contributed by atoms with Gasteiger partial charge in [0.05, 0.1) is 12.8 Å². The summed E-state index contributed by atoms with van der Waals surface area (Å²) in [5.74, 6) is -0.679. The molecule has 0 radical (unpaired) electrons. The Morgan fingerprint density at radius 2 is 1.65 bits per heavy atom. The van der Waals surface area contributed by atoms with E-state index in [0.29, 0.717) is 0 Å². The minimum atomic E-state index is -0.394. The third kappa shape index (κ3) is 11.9. The molecule has 0 heterocycles. The van der Waals surface area contributed by atoms with Crippen molar-refractivity contribution in [2.75, 3.05) is 13.2 Å². The second kappa shape index (κ2) is 7.87. The summed E-state index contributed by atoms with van der Waals surface area (Å²) in [7, 11) is 0. The molecule has 0 spiro atoms. The highest BCUT2D eigenvalue weighted by atomic mass is 32.1. The molecule has 0 aliphatic rings. The molecule has 100 valence electrons. The topological polar surface area (TPSA) is 52.6 Å². The van der Waals surface area contributed by atoms with Crippen LogP contribution in [0, 0.1) is 0 Å². The fourth-order valence-corrected chi connectivity index (χ4v) is 1.29. The molecule has 4 nitrogen and oxygen atoms in total. The van der Waals surface area contributed by atoms with Crippen molar-refractivity contribution in [2.24, 2.45) is 0 Å². The van der Waals surface area contributed by atoms with Crippen molar-refractivity contribution in [3.63, 3.8) is 0 Å². The van der Waals surface area contributed by atoms with Gasteiger partial charge in [-0.05, 0) is 0 Å². The first kappa shape index (κ1) is 16.6. The van der Waals surface area contributed by atoms with Crippen LogP contribution < -0.4 is 0 Å². The molecule has 1 atom stereocenters. The smallest absolute Gasteiger partial charge is 0.307 e. The lowest BCUT2D eigenvalue weighted by atomic mass is 10.1. The van der Waals surface area contributed by atoms with E-state index in [-0.39, 0.29) is 43.2 Å². The molecule has 6 heteroatoms. The molecule has 0 saturated heterocycles. The summed E-state index contributed by atoms with van der Waals surface area (Å²) in [6.45, 7) is 5.61. The second-order valence-corrected chi connectivity index (χ2v) is 6.58. The molecule has 0 aliphatic carbocycles. The van der Waals surface area contributed by atoms with Crippen LogP contribution in [0.4, 0.5) is 0 Å². The van der Waals surface area contributed by atoms with Crippen LogP contribution in [0.1, 0.15) is 33.6 Å². The quantitative estimate of drug-likeness (QED) is 0.425. The third-order valence-corrected chi connectivity index (χ3v) is 1.99. The molecule has 0 amide bonds. The Bertz CT molecular complexity index is 259. The predicted octanol–water partition coefficient (Wildman–Crippen LogP) is 1.88. The minimum absolute atomic E-state index is 0.0324. The summed E-state index contributed by atoms with van der Waals surface area (Å²) >= 11 is 8.28. The number of thiol groups is 2. The molecule has 0 fully saturated rings. The van der Waals surface area contributed by atoms with Crippen LogP contribution in [0.25, 0.3) is 0 Å². The summed E-state index contributed by atoms with van der Waals surface area (Å²) in [5.41, 5.74) is 0. The van der Waals surface area contributed by atoms with Gasteiger partial charge in [0.25, 0.3) is 0 Å². The van der Waals surface area contributed by atoms with E-state index in [1.807, 2.05) is 13.8 Å². The predicted molar refractivity (Wildman–Crippen MR) is 72.7 cm³/mol. The molecule has 17 heavy (non-hydrogen) atoms. The Morgan fingerprint density at radius 3 is 2.06 bits per heavy atom. The van der Waals surface area contributed by atoms with Gasteiger partial charge < -0.3 is 9.47 Å². The first-order valence-corrected chi connectivity index (χ1v) is 6.39. The maximum Gasteiger partial charge on any atom is 0.307 e. The van der Waals surface area contributed by atoms with Gasteiger partial charge in [-0.2, -0.15) is 25.3 Å². The van der Waals surface area contributed by atoms with Crippen molar-refractivity contribution < 1.29 is 19.1 Å². The van der Waals surface area contributed by atoms with Crippen LogP contribution in [-0.2, 0) is 19.1 Å². The standard InChI is InChI=1S/C11H20O4S2/c1-8(16)6-9(12)14-4-5-15-10(13)7-11(2,3)17/h8,16-17H,4-7H2,1-3H3. The van der Waals surface area contributed by atoms with Crippen LogP contribution >= 0.6 is 25.3 Å². The van der Waals surface area contributed by atoms with Gasteiger partial charge in [0.2, 0.25) is 0 Å². The lowest BCUT2D eigenvalue weighted by Crippen LogP contribution is -2.21. The van der Waals surface area contributed by atoms with Crippen molar-refractivity contribution in [3.8, 4) is 0 Å². The van der Waals surface area contributed by atoms with Gasteiger partial charge in [-0.15, -0.1) is 0 Å². The molecule has 0 saturated carbocycles. The van der Waals surface area contributed by atoms with Crippen molar-refractivity contribution in [1.82, 2.24) is 0 Å².